The molecule has 1 aromatic carbocycles. The number of hydrogen-bond acceptors (Lipinski definition) is 8. The van der Waals surface area contributed by atoms with Crippen molar-refractivity contribution in [3.8, 4) is 5.75 Å². The van der Waals surface area contributed by atoms with Gasteiger partial charge in [0.25, 0.3) is 0 Å². The van der Waals surface area contributed by atoms with E-state index in [4.69, 9.17) is 10.8 Å². The number of benzene rings is 1. The maximum Gasteiger partial charge on any atom is 0.326 e. The minimum atomic E-state index is -1.39. The number of carboxylic acid groups (broad SMARTS) is 2. The lowest BCUT2D eigenvalue weighted by atomic mass is 9.96. The van der Waals surface area contributed by atoms with Gasteiger partial charge >= 0.3 is 11.9 Å². The van der Waals surface area contributed by atoms with E-state index >= 15 is 0 Å². The maximum atomic E-state index is 13.3. The summed E-state index contributed by atoms with van der Waals surface area (Å²) in [5.41, 5.74) is 6.67. The van der Waals surface area contributed by atoms with Crippen LogP contribution in [-0.4, -0.2) is 79.1 Å². The van der Waals surface area contributed by atoms with Crippen LogP contribution in [0.1, 0.15) is 37.9 Å². The highest BCUT2D eigenvalue weighted by molar-refractivity contribution is 5.95. The highest BCUT2D eigenvalue weighted by Crippen LogP contribution is 2.14. The van der Waals surface area contributed by atoms with Crippen molar-refractivity contribution in [2.24, 2.45) is 11.7 Å². The van der Waals surface area contributed by atoms with Gasteiger partial charge in [0.15, 0.2) is 0 Å². The summed E-state index contributed by atoms with van der Waals surface area (Å²) in [6.45, 7) is 3.47. The summed E-state index contributed by atoms with van der Waals surface area (Å²) in [7, 11) is 0. The number of imidazole rings is 1. The van der Waals surface area contributed by atoms with Gasteiger partial charge in [0, 0.05) is 24.7 Å². The second-order valence-corrected chi connectivity index (χ2v) is 9.19. The van der Waals surface area contributed by atoms with Crippen molar-refractivity contribution < 1.29 is 39.3 Å². The molecule has 2 rings (SSSR count). The number of carbonyl (C=O) groups excluding carboxylic acids is 3. The molecule has 0 radical (unpaired) electrons. The number of nitrogens with one attached hydrogen (secondary N) is 4. The predicted molar refractivity (Wildman–Crippen MR) is 137 cm³/mol. The van der Waals surface area contributed by atoms with E-state index in [0.29, 0.717) is 17.7 Å². The minimum absolute atomic E-state index is 0.00784. The number of aromatic hydroxyl groups is 1. The van der Waals surface area contributed by atoms with Gasteiger partial charge in [-0.1, -0.05) is 32.4 Å². The lowest BCUT2D eigenvalue weighted by Gasteiger charge is -2.28. The summed E-state index contributed by atoms with van der Waals surface area (Å²) < 4.78 is 0. The number of H-pyrrole nitrogens is 1. The third-order valence-corrected chi connectivity index (χ3v) is 6.13. The number of phenolic OH excluding ortho intramolecular Hbond substituents is 1. The Morgan fingerprint density at radius 2 is 1.59 bits per heavy atom. The van der Waals surface area contributed by atoms with Gasteiger partial charge in [0.2, 0.25) is 17.7 Å². The third kappa shape index (κ3) is 9.74. The van der Waals surface area contributed by atoms with Gasteiger partial charge in [-0.3, -0.25) is 19.2 Å². The second kappa shape index (κ2) is 14.5. The van der Waals surface area contributed by atoms with Gasteiger partial charge in [0.05, 0.1) is 18.8 Å². The lowest BCUT2D eigenvalue weighted by molar-refractivity contribution is -0.142. The fourth-order valence-electron chi connectivity index (χ4n) is 3.67. The molecule has 0 aliphatic carbocycles. The predicted octanol–water partition coefficient (Wildman–Crippen LogP) is -0.712. The van der Waals surface area contributed by atoms with Crippen molar-refractivity contribution in [1.82, 2.24) is 25.9 Å². The molecule has 3 amide bonds. The Morgan fingerprint density at radius 3 is 2.13 bits per heavy atom. The largest absolute Gasteiger partial charge is 0.508 e. The number of carboxylic acids is 2. The fraction of sp³-hybridized carbons (Fsp3) is 0.440. The van der Waals surface area contributed by atoms with E-state index < -0.39 is 66.2 Å². The molecule has 212 valence electrons. The Labute approximate surface area is 224 Å². The van der Waals surface area contributed by atoms with Gasteiger partial charge in [0.1, 0.15) is 23.9 Å². The monoisotopic (exact) mass is 546 g/mol. The Bertz CT molecular complexity index is 1140. The van der Waals surface area contributed by atoms with Crippen LogP contribution >= 0.6 is 0 Å². The summed E-state index contributed by atoms with van der Waals surface area (Å²) in [6, 6.07) is 0.736. The van der Waals surface area contributed by atoms with Crippen molar-refractivity contribution in [2.75, 3.05) is 0 Å². The van der Waals surface area contributed by atoms with Gasteiger partial charge in [-0.05, 0) is 23.6 Å². The van der Waals surface area contributed by atoms with Crippen molar-refractivity contribution in [3.05, 3.63) is 48.0 Å². The Kier molecular flexibility index (Phi) is 11.4. The van der Waals surface area contributed by atoms with Crippen LogP contribution in [0.3, 0.4) is 0 Å². The minimum Gasteiger partial charge on any atom is -0.508 e. The first-order valence-electron chi connectivity index (χ1n) is 12.3. The summed E-state index contributed by atoms with van der Waals surface area (Å²) in [4.78, 5) is 68.4. The van der Waals surface area contributed by atoms with E-state index in [9.17, 15) is 34.2 Å². The molecule has 5 atom stereocenters. The molecule has 1 aromatic heterocycles. The average molecular weight is 547 g/mol. The van der Waals surface area contributed by atoms with Crippen LogP contribution in [0.5, 0.6) is 5.75 Å². The Morgan fingerprint density at radius 1 is 0.949 bits per heavy atom. The number of nitrogens with two attached hydrogens (primary N) is 1. The molecule has 14 nitrogen and oxygen atoms in total. The van der Waals surface area contributed by atoms with Crippen LogP contribution in [0.25, 0.3) is 0 Å². The van der Waals surface area contributed by atoms with E-state index in [2.05, 4.69) is 25.9 Å². The number of aromatic amines is 1. The number of phenols is 1. The topological polar surface area (TPSA) is 237 Å². The fourth-order valence-corrected chi connectivity index (χ4v) is 3.67. The first kappa shape index (κ1) is 30.8. The molecule has 0 aliphatic heterocycles. The number of carbonyl (C=O) groups is 5. The molecule has 0 spiro atoms. The van der Waals surface area contributed by atoms with E-state index in [0.717, 1.165) is 0 Å². The third-order valence-electron chi connectivity index (χ3n) is 6.13. The van der Waals surface area contributed by atoms with E-state index in [1.165, 1.54) is 24.7 Å². The van der Waals surface area contributed by atoms with Crippen LogP contribution in [-0.2, 0) is 36.8 Å². The molecule has 5 unspecified atom stereocenters. The van der Waals surface area contributed by atoms with Crippen LogP contribution < -0.4 is 21.7 Å². The molecular formula is C25H34N6O8. The summed E-state index contributed by atoms with van der Waals surface area (Å²) in [5.74, 6) is -5.38. The number of nitrogens with zero attached hydrogens (tertiary/aromatic N) is 1. The SMILES string of the molecule is CCC(C)C(NC(=O)C(N)CC(=O)O)C(=O)NC(Cc1ccc(O)cc1)C(=O)NC(Cc1cnc[nH]1)C(=O)O. The Hall–Kier alpha value is -4.46. The van der Waals surface area contributed by atoms with Crippen LogP contribution in [0, 0.1) is 5.92 Å². The van der Waals surface area contributed by atoms with Crippen molar-refractivity contribution in [3.63, 3.8) is 0 Å². The normalized spacial score (nSPS) is 14.7. The molecule has 0 saturated heterocycles. The smallest absolute Gasteiger partial charge is 0.326 e. The maximum absolute atomic E-state index is 13.3. The number of aromatic nitrogens is 2. The molecular weight excluding hydrogens is 512 g/mol. The molecule has 0 bridgehead atoms. The molecule has 39 heavy (non-hydrogen) atoms. The highest BCUT2D eigenvalue weighted by atomic mass is 16.4. The summed E-state index contributed by atoms with van der Waals surface area (Å²) >= 11 is 0. The zero-order valence-corrected chi connectivity index (χ0v) is 21.6. The summed E-state index contributed by atoms with van der Waals surface area (Å²) in [5, 5.41) is 35.6. The molecule has 0 saturated carbocycles. The molecule has 9 N–H and O–H groups in total. The van der Waals surface area contributed by atoms with Crippen LogP contribution in [0.4, 0.5) is 0 Å². The van der Waals surface area contributed by atoms with E-state index in [1.54, 1.807) is 26.0 Å². The molecule has 0 fully saturated rings. The van der Waals surface area contributed by atoms with E-state index in [1.807, 2.05) is 0 Å². The zero-order valence-electron chi connectivity index (χ0n) is 21.6. The van der Waals surface area contributed by atoms with Crippen molar-refractivity contribution >= 4 is 29.7 Å². The zero-order chi connectivity index (χ0) is 29.1. The first-order chi connectivity index (χ1) is 18.4. The molecule has 14 heteroatoms. The molecule has 0 aliphatic rings. The second-order valence-electron chi connectivity index (χ2n) is 9.19. The van der Waals surface area contributed by atoms with Gasteiger partial charge in [-0.2, -0.15) is 0 Å². The first-order valence-corrected chi connectivity index (χ1v) is 12.3. The van der Waals surface area contributed by atoms with E-state index in [-0.39, 0.29) is 18.6 Å². The molecule has 1 heterocycles. The summed E-state index contributed by atoms with van der Waals surface area (Å²) in [6.07, 6.45) is 2.45. The number of aliphatic carboxylic acids is 2. The van der Waals surface area contributed by atoms with Crippen molar-refractivity contribution in [1.29, 1.82) is 0 Å². The van der Waals surface area contributed by atoms with Gasteiger partial charge in [-0.25, -0.2) is 9.78 Å². The average Bonchev–Trinajstić information content (AvgIpc) is 3.39. The molecule has 2 aromatic rings. The van der Waals surface area contributed by atoms with Gasteiger partial charge < -0.3 is 42.0 Å². The lowest BCUT2D eigenvalue weighted by Crippen LogP contribution is -2.59. The standard InChI is InChI=1S/C25H34N6O8/c1-3-13(2)21(31-22(35)17(26)10-20(33)34)24(37)29-18(8-14-4-6-16(32)7-5-14)23(36)30-19(25(38)39)9-15-11-27-12-28-15/h4-7,11-13,17-19,21,32H,3,8-10,26H2,1-2H3,(H,27,28)(H,29,37)(H,30,36)(H,31,35)(H,33,34)(H,38,39). The number of amides is 3. The van der Waals surface area contributed by atoms with Crippen LogP contribution in [0.2, 0.25) is 0 Å². The van der Waals surface area contributed by atoms with Crippen LogP contribution in [0.15, 0.2) is 36.8 Å². The van der Waals surface area contributed by atoms with Gasteiger partial charge in [-0.15, -0.1) is 0 Å². The highest BCUT2D eigenvalue weighted by Gasteiger charge is 2.33. The number of rotatable bonds is 15. The number of hydrogen-bond donors (Lipinski definition) is 8. The Balaban J connectivity index is 2.27. The van der Waals surface area contributed by atoms with Crippen molar-refractivity contribution in [2.45, 2.75) is 63.7 Å². The quantitative estimate of drug-likeness (QED) is 0.140.